The molecule has 0 amide bonds. The minimum Gasteiger partial charge on any atom is -0.510 e. The van der Waals surface area contributed by atoms with Gasteiger partial charge in [-0.3, -0.25) is 4.79 Å². The molecule has 1 rings (SSSR count). The Balaban J connectivity index is 2.47. The van der Waals surface area contributed by atoms with Gasteiger partial charge in [-0.2, -0.15) is 0 Å². The third kappa shape index (κ3) is 3.92. The third-order valence-corrected chi connectivity index (χ3v) is 1.96. The van der Waals surface area contributed by atoms with Gasteiger partial charge in [0, 0.05) is 7.11 Å². The summed E-state index contributed by atoms with van der Waals surface area (Å²) in [5.41, 5.74) is 6.46. The summed E-state index contributed by atoms with van der Waals surface area (Å²) in [5.74, 6) is -0.387. The monoisotopic (exact) mass is 222 g/mol. The first kappa shape index (κ1) is 12.5. The Hall–Kier alpha value is -1.53. The van der Waals surface area contributed by atoms with E-state index in [9.17, 15) is 4.79 Å². The van der Waals surface area contributed by atoms with Gasteiger partial charge in [0.15, 0.2) is 0 Å². The maximum absolute atomic E-state index is 11.3. The number of hydrogen-bond acceptors (Lipinski definition) is 5. The summed E-state index contributed by atoms with van der Waals surface area (Å²) in [6.45, 7) is 0. The second kappa shape index (κ2) is 6.14. The van der Waals surface area contributed by atoms with Crippen LogP contribution in [0.4, 0.5) is 0 Å². The predicted molar refractivity (Wildman–Crippen MR) is 58.6 cm³/mol. The van der Waals surface area contributed by atoms with E-state index in [1.165, 1.54) is 19.2 Å². The molecule has 6 heteroatoms. The first-order chi connectivity index (χ1) is 7.63. The van der Waals surface area contributed by atoms with Crippen LogP contribution in [0, 0.1) is 0 Å². The fraction of sp³-hybridized carbons (Fsp3) is 0.300. The number of benzene rings is 1. The van der Waals surface area contributed by atoms with Gasteiger partial charge in [-0.25, -0.2) is 0 Å². The Labute approximate surface area is 94.5 Å². The maximum Gasteiger partial charge on any atom is 0.574 e. The smallest absolute Gasteiger partial charge is 0.510 e. The fourth-order valence-electron chi connectivity index (χ4n) is 1.15. The molecule has 0 heterocycles. The van der Waals surface area contributed by atoms with Crippen LogP contribution in [-0.4, -0.2) is 31.9 Å². The van der Waals surface area contributed by atoms with Crippen molar-refractivity contribution in [3.05, 3.63) is 29.8 Å². The maximum atomic E-state index is 11.3. The molecule has 1 radical (unpaired) electrons. The lowest BCUT2D eigenvalue weighted by molar-refractivity contribution is -0.136. The molecule has 3 N–H and O–H groups in total. The molecule has 0 fully saturated rings. The van der Waals surface area contributed by atoms with Crippen LogP contribution in [0.25, 0.3) is 0 Å². The highest BCUT2D eigenvalue weighted by Gasteiger charge is 2.16. The SMILES string of the molecule is CO[B]OC(=O)[C@@H](N)Cc1ccc(O)cc1. The van der Waals surface area contributed by atoms with E-state index in [4.69, 9.17) is 10.8 Å². The highest BCUT2D eigenvalue weighted by Crippen LogP contribution is 2.11. The number of rotatable bonds is 5. The van der Waals surface area contributed by atoms with Crippen molar-refractivity contribution in [1.82, 2.24) is 0 Å². The zero-order chi connectivity index (χ0) is 12.0. The lowest BCUT2D eigenvalue weighted by atomic mass is 10.1. The Bertz CT molecular complexity index is 341. The first-order valence-corrected chi connectivity index (χ1v) is 4.72. The van der Waals surface area contributed by atoms with Crippen LogP contribution in [0.2, 0.25) is 0 Å². The van der Waals surface area contributed by atoms with E-state index in [2.05, 4.69) is 9.31 Å². The zero-order valence-corrected chi connectivity index (χ0v) is 8.92. The zero-order valence-electron chi connectivity index (χ0n) is 8.92. The van der Waals surface area contributed by atoms with Crippen LogP contribution >= 0.6 is 0 Å². The highest BCUT2D eigenvalue weighted by molar-refractivity contribution is 6.22. The van der Waals surface area contributed by atoms with Crippen molar-refractivity contribution in [2.75, 3.05) is 7.11 Å². The minimum atomic E-state index is -0.754. The van der Waals surface area contributed by atoms with Crippen molar-refractivity contribution >= 4 is 13.7 Å². The molecule has 1 atom stereocenters. The molecular formula is C10H13BNO4. The predicted octanol–water partition coefficient (Wildman–Crippen LogP) is -0.0142. The third-order valence-electron chi connectivity index (χ3n) is 1.96. The molecule has 0 aromatic heterocycles. The van der Waals surface area contributed by atoms with Crippen molar-refractivity contribution in [3.63, 3.8) is 0 Å². The summed E-state index contributed by atoms with van der Waals surface area (Å²) in [6, 6.07) is 5.71. The second-order valence-electron chi connectivity index (χ2n) is 3.25. The number of aromatic hydroxyl groups is 1. The van der Waals surface area contributed by atoms with Crippen molar-refractivity contribution in [1.29, 1.82) is 0 Å². The molecule has 16 heavy (non-hydrogen) atoms. The van der Waals surface area contributed by atoms with Crippen LogP contribution in [0.1, 0.15) is 5.56 Å². The van der Waals surface area contributed by atoms with Crippen molar-refractivity contribution in [3.8, 4) is 5.75 Å². The van der Waals surface area contributed by atoms with Crippen molar-refractivity contribution < 1.29 is 19.2 Å². The van der Waals surface area contributed by atoms with Gasteiger partial charge in [-0.1, -0.05) is 12.1 Å². The molecule has 0 spiro atoms. The van der Waals surface area contributed by atoms with E-state index in [0.717, 1.165) is 13.2 Å². The molecule has 1 aromatic rings. The summed E-state index contributed by atoms with van der Waals surface area (Å²) in [7, 11) is 2.30. The summed E-state index contributed by atoms with van der Waals surface area (Å²) < 4.78 is 9.06. The minimum absolute atomic E-state index is 0.174. The van der Waals surface area contributed by atoms with Crippen molar-refractivity contribution in [2.24, 2.45) is 5.73 Å². The molecule has 85 valence electrons. The van der Waals surface area contributed by atoms with Gasteiger partial charge in [-0.05, 0) is 24.1 Å². The number of phenols is 1. The number of phenolic OH excluding ortho intramolecular Hbond substituents is 1. The summed E-state index contributed by atoms with van der Waals surface area (Å²) >= 11 is 0. The average Bonchev–Trinajstić information content (AvgIpc) is 2.29. The van der Waals surface area contributed by atoms with Crippen LogP contribution in [0.3, 0.4) is 0 Å². The Morgan fingerprint density at radius 3 is 2.69 bits per heavy atom. The number of carbonyl (C=O) groups excluding carboxylic acids is 1. The molecule has 1 aromatic carbocycles. The molecule has 0 saturated heterocycles. The standard InChI is InChI=1S/C10H13BNO4/c1-15-11-16-10(14)9(12)6-7-2-4-8(13)5-3-7/h2-5,9,13H,6,12H2,1H3/t9-/m0/s1. The van der Waals surface area contributed by atoms with Crippen LogP contribution in [0.15, 0.2) is 24.3 Å². The van der Waals surface area contributed by atoms with E-state index in [0.29, 0.717) is 6.42 Å². The molecule has 5 nitrogen and oxygen atoms in total. The fourth-order valence-corrected chi connectivity index (χ4v) is 1.15. The van der Waals surface area contributed by atoms with Crippen LogP contribution in [0.5, 0.6) is 5.75 Å². The lowest BCUT2D eigenvalue weighted by Crippen LogP contribution is -2.35. The Morgan fingerprint density at radius 1 is 1.50 bits per heavy atom. The average molecular weight is 222 g/mol. The van der Waals surface area contributed by atoms with E-state index < -0.39 is 12.0 Å². The topological polar surface area (TPSA) is 81.8 Å². The Morgan fingerprint density at radius 2 is 2.12 bits per heavy atom. The van der Waals surface area contributed by atoms with Gasteiger partial charge in [0.2, 0.25) is 0 Å². The molecule has 0 aliphatic heterocycles. The van der Waals surface area contributed by atoms with Crippen LogP contribution in [-0.2, 0) is 20.5 Å². The Kier molecular flexibility index (Phi) is 4.82. The number of hydrogen-bond donors (Lipinski definition) is 2. The van der Waals surface area contributed by atoms with Crippen molar-refractivity contribution in [2.45, 2.75) is 12.5 Å². The number of carbonyl (C=O) groups is 1. The summed E-state index contributed by atoms with van der Waals surface area (Å²) in [6.07, 6.45) is 0.344. The second-order valence-corrected chi connectivity index (χ2v) is 3.25. The van der Waals surface area contributed by atoms with Gasteiger partial charge in [0.25, 0.3) is 0 Å². The molecule has 0 aliphatic rings. The van der Waals surface area contributed by atoms with E-state index in [1.54, 1.807) is 12.1 Å². The summed E-state index contributed by atoms with van der Waals surface area (Å²) in [4.78, 5) is 11.3. The molecular weight excluding hydrogens is 209 g/mol. The molecule has 0 aliphatic carbocycles. The normalized spacial score (nSPS) is 11.9. The van der Waals surface area contributed by atoms with Gasteiger partial charge >= 0.3 is 13.7 Å². The lowest BCUT2D eigenvalue weighted by Gasteiger charge is -2.10. The summed E-state index contributed by atoms with van der Waals surface area (Å²) in [5, 5.41) is 9.07. The van der Waals surface area contributed by atoms with Crippen LogP contribution < -0.4 is 5.73 Å². The van der Waals surface area contributed by atoms with E-state index in [-0.39, 0.29) is 5.75 Å². The van der Waals surface area contributed by atoms with Gasteiger partial charge in [-0.15, -0.1) is 0 Å². The van der Waals surface area contributed by atoms with Gasteiger partial charge < -0.3 is 20.1 Å². The first-order valence-electron chi connectivity index (χ1n) is 4.72. The quantitative estimate of drug-likeness (QED) is 0.684. The van der Waals surface area contributed by atoms with Gasteiger partial charge in [0.05, 0.1) is 0 Å². The largest absolute Gasteiger partial charge is 0.574 e. The van der Waals surface area contributed by atoms with Gasteiger partial charge in [0.1, 0.15) is 11.8 Å². The number of nitrogens with two attached hydrogens (primary N) is 1. The highest BCUT2D eigenvalue weighted by atomic mass is 16.6. The molecule has 0 bridgehead atoms. The molecule has 0 saturated carbocycles. The van der Waals surface area contributed by atoms with E-state index >= 15 is 0 Å². The molecule has 0 unspecified atom stereocenters. The van der Waals surface area contributed by atoms with E-state index in [1.807, 2.05) is 0 Å².